The molecule has 138 valence electrons. The number of imide groups is 1. The average molecular weight is 375 g/mol. The standard InChI is InChI=1S/C19H21NO5S/c1-2-24-15-10-12(11-16-17(21)20-19(23)26-16)8-9-14(15)25-18(22)13-6-4-3-5-7-13/h8-11,13H,2-7H2,1H3,(H,20,21,23)/b16-11-. The number of hydrogen-bond acceptors (Lipinski definition) is 6. The van der Waals surface area contributed by atoms with Crippen LogP contribution in [-0.2, 0) is 9.59 Å². The molecule has 0 atom stereocenters. The average Bonchev–Trinajstić information content (AvgIpc) is 2.95. The van der Waals surface area contributed by atoms with Crippen LogP contribution < -0.4 is 14.8 Å². The number of ether oxygens (including phenoxy) is 2. The normalized spacial score (nSPS) is 19.5. The van der Waals surface area contributed by atoms with Gasteiger partial charge >= 0.3 is 5.97 Å². The Morgan fingerprint density at radius 2 is 2.00 bits per heavy atom. The van der Waals surface area contributed by atoms with Gasteiger partial charge in [-0.1, -0.05) is 25.3 Å². The van der Waals surface area contributed by atoms with Crippen molar-refractivity contribution < 1.29 is 23.9 Å². The monoisotopic (exact) mass is 375 g/mol. The number of nitrogens with one attached hydrogen (secondary N) is 1. The summed E-state index contributed by atoms with van der Waals surface area (Å²) in [7, 11) is 0. The van der Waals surface area contributed by atoms with Crippen molar-refractivity contribution in [1.82, 2.24) is 5.32 Å². The van der Waals surface area contributed by atoms with E-state index in [0.717, 1.165) is 37.4 Å². The maximum absolute atomic E-state index is 12.4. The van der Waals surface area contributed by atoms with Crippen molar-refractivity contribution in [3.05, 3.63) is 28.7 Å². The van der Waals surface area contributed by atoms with Gasteiger partial charge in [0.1, 0.15) is 0 Å². The molecule has 1 aliphatic carbocycles. The first-order valence-electron chi connectivity index (χ1n) is 8.80. The molecule has 1 aromatic carbocycles. The van der Waals surface area contributed by atoms with Crippen LogP contribution >= 0.6 is 11.8 Å². The van der Waals surface area contributed by atoms with Gasteiger partial charge in [0.25, 0.3) is 11.1 Å². The Hall–Kier alpha value is -2.28. The van der Waals surface area contributed by atoms with Crippen LogP contribution in [0.25, 0.3) is 6.08 Å². The molecule has 0 aromatic heterocycles. The lowest BCUT2D eigenvalue weighted by Crippen LogP contribution is -2.23. The van der Waals surface area contributed by atoms with Crippen molar-refractivity contribution in [3.63, 3.8) is 0 Å². The summed E-state index contributed by atoms with van der Waals surface area (Å²) in [5.74, 6) is 0.147. The number of esters is 1. The van der Waals surface area contributed by atoms with E-state index in [4.69, 9.17) is 9.47 Å². The number of rotatable bonds is 5. The van der Waals surface area contributed by atoms with Gasteiger partial charge in [-0.25, -0.2) is 0 Å². The van der Waals surface area contributed by atoms with Gasteiger partial charge in [0.2, 0.25) is 0 Å². The van der Waals surface area contributed by atoms with Gasteiger partial charge in [-0.3, -0.25) is 19.7 Å². The van der Waals surface area contributed by atoms with E-state index in [0.29, 0.717) is 28.6 Å². The van der Waals surface area contributed by atoms with Crippen LogP contribution in [0.4, 0.5) is 4.79 Å². The summed E-state index contributed by atoms with van der Waals surface area (Å²) in [5, 5.41) is 1.83. The van der Waals surface area contributed by atoms with Gasteiger partial charge in [0, 0.05) is 0 Å². The summed E-state index contributed by atoms with van der Waals surface area (Å²) in [5.41, 5.74) is 0.693. The number of hydrogen-bond donors (Lipinski definition) is 1. The Kier molecular flexibility index (Phi) is 5.98. The van der Waals surface area contributed by atoms with E-state index in [2.05, 4.69) is 5.32 Å². The van der Waals surface area contributed by atoms with Crippen molar-refractivity contribution in [1.29, 1.82) is 0 Å². The maximum atomic E-state index is 12.4. The Morgan fingerprint density at radius 3 is 2.65 bits per heavy atom. The highest BCUT2D eigenvalue weighted by atomic mass is 32.2. The minimum absolute atomic E-state index is 0.0513. The largest absolute Gasteiger partial charge is 0.490 e. The van der Waals surface area contributed by atoms with Gasteiger partial charge in [0.15, 0.2) is 11.5 Å². The van der Waals surface area contributed by atoms with E-state index >= 15 is 0 Å². The van der Waals surface area contributed by atoms with Crippen LogP contribution in [0, 0.1) is 5.92 Å². The Morgan fingerprint density at radius 1 is 1.23 bits per heavy atom. The summed E-state index contributed by atoms with van der Waals surface area (Å²) in [6.45, 7) is 2.26. The number of carbonyl (C=O) groups excluding carboxylic acids is 3. The molecule has 26 heavy (non-hydrogen) atoms. The fraction of sp³-hybridized carbons (Fsp3) is 0.421. The number of carbonyl (C=O) groups is 3. The molecule has 1 saturated carbocycles. The zero-order chi connectivity index (χ0) is 18.5. The van der Waals surface area contributed by atoms with Crippen LogP contribution in [0.15, 0.2) is 23.1 Å². The molecule has 6 nitrogen and oxygen atoms in total. The molecule has 1 aliphatic heterocycles. The van der Waals surface area contributed by atoms with Gasteiger partial charge in [-0.2, -0.15) is 0 Å². The lowest BCUT2D eigenvalue weighted by molar-refractivity contribution is -0.140. The lowest BCUT2D eigenvalue weighted by Gasteiger charge is -2.20. The maximum Gasteiger partial charge on any atom is 0.314 e. The molecule has 1 heterocycles. The molecule has 0 bridgehead atoms. The number of amides is 2. The highest BCUT2D eigenvalue weighted by Crippen LogP contribution is 2.33. The zero-order valence-electron chi connectivity index (χ0n) is 14.6. The molecular weight excluding hydrogens is 354 g/mol. The summed E-state index contributed by atoms with van der Waals surface area (Å²) < 4.78 is 11.2. The minimum atomic E-state index is -0.411. The molecule has 2 aliphatic rings. The molecule has 1 aromatic rings. The second kappa shape index (κ2) is 8.40. The minimum Gasteiger partial charge on any atom is -0.490 e. The van der Waals surface area contributed by atoms with Crippen LogP contribution in [0.5, 0.6) is 11.5 Å². The van der Waals surface area contributed by atoms with Crippen LogP contribution in [0.1, 0.15) is 44.6 Å². The van der Waals surface area contributed by atoms with E-state index < -0.39 is 5.91 Å². The SMILES string of the molecule is CCOc1cc(/C=C2\SC(=O)NC2=O)ccc1OC(=O)C1CCCCC1. The molecule has 2 amide bonds. The Labute approximate surface area is 156 Å². The highest BCUT2D eigenvalue weighted by Gasteiger charge is 2.26. The van der Waals surface area contributed by atoms with E-state index in [1.165, 1.54) is 6.42 Å². The van der Waals surface area contributed by atoms with Crippen molar-refractivity contribution >= 4 is 35.0 Å². The molecule has 1 N–H and O–H groups in total. The van der Waals surface area contributed by atoms with Gasteiger partial charge in [-0.05, 0) is 55.3 Å². The van der Waals surface area contributed by atoms with Gasteiger partial charge in [-0.15, -0.1) is 0 Å². The lowest BCUT2D eigenvalue weighted by atomic mass is 9.89. The predicted octanol–water partition coefficient (Wildman–Crippen LogP) is 3.89. The van der Waals surface area contributed by atoms with Crippen LogP contribution in [0.2, 0.25) is 0 Å². The summed E-state index contributed by atoms with van der Waals surface area (Å²) in [4.78, 5) is 35.6. The summed E-state index contributed by atoms with van der Waals surface area (Å²) in [6, 6.07) is 5.10. The molecule has 0 radical (unpaired) electrons. The van der Waals surface area contributed by atoms with Crippen LogP contribution in [-0.4, -0.2) is 23.7 Å². The Balaban J connectivity index is 1.78. The van der Waals surface area contributed by atoms with Crippen molar-refractivity contribution in [3.8, 4) is 11.5 Å². The fourth-order valence-electron chi connectivity index (χ4n) is 3.07. The molecule has 2 fully saturated rings. The van der Waals surface area contributed by atoms with Gasteiger partial charge < -0.3 is 9.47 Å². The van der Waals surface area contributed by atoms with E-state index in [1.807, 2.05) is 6.92 Å². The molecular formula is C19H21NO5S. The zero-order valence-corrected chi connectivity index (χ0v) is 15.4. The first-order valence-corrected chi connectivity index (χ1v) is 9.62. The Bertz CT molecular complexity index is 752. The smallest absolute Gasteiger partial charge is 0.314 e. The molecule has 7 heteroatoms. The van der Waals surface area contributed by atoms with E-state index in [1.54, 1.807) is 24.3 Å². The quantitative estimate of drug-likeness (QED) is 0.478. The third kappa shape index (κ3) is 4.46. The summed E-state index contributed by atoms with van der Waals surface area (Å²) in [6.07, 6.45) is 6.64. The van der Waals surface area contributed by atoms with Crippen LogP contribution in [0.3, 0.4) is 0 Å². The first-order chi connectivity index (χ1) is 12.6. The second-order valence-corrected chi connectivity index (χ2v) is 7.26. The van der Waals surface area contributed by atoms with Gasteiger partial charge in [0.05, 0.1) is 17.4 Å². The third-order valence-electron chi connectivity index (χ3n) is 4.36. The van der Waals surface area contributed by atoms with E-state index in [-0.39, 0.29) is 17.1 Å². The summed E-state index contributed by atoms with van der Waals surface area (Å²) >= 11 is 0.857. The topological polar surface area (TPSA) is 81.7 Å². The van der Waals surface area contributed by atoms with Crippen molar-refractivity contribution in [2.24, 2.45) is 5.92 Å². The fourth-order valence-corrected chi connectivity index (χ4v) is 3.75. The number of benzene rings is 1. The number of thioether (sulfide) groups is 1. The predicted molar refractivity (Wildman–Crippen MR) is 98.9 cm³/mol. The second-order valence-electron chi connectivity index (χ2n) is 6.25. The first kappa shape index (κ1) is 18.5. The molecule has 3 rings (SSSR count). The molecule has 1 saturated heterocycles. The van der Waals surface area contributed by atoms with Crippen molar-refractivity contribution in [2.75, 3.05) is 6.61 Å². The molecule has 0 unspecified atom stereocenters. The highest BCUT2D eigenvalue weighted by molar-refractivity contribution is 8.18. The van der Waals surface area contributed by atoms with Crippen molar-refractivity contribution in [2.45, 2.75) is 39.0 Å². The van der Waals surface area contributed by atoms with E-state index in [9.17, 15) is 14.4 Å². The third-order valence-corrected chi connectivity index (χ3v) is 5.17. The molecule has 0 spiro atoms.